The summed E-state index contributed by atoms with van der Waals surface area (Å²) in [5.41, 5.74) is 0.943. The first-order valence-corrected chi connectivity index (χ1v) is 8.04. The van der Waals surface area contributed by atoms with Crippen LogP contribution in [-0.4, -0.2) is 34.5 Å². The first-order valence-electron chi connectivity index (χ1n) is 7.22. The fraction of sp³-hybridized carbons (Fsp3) is 0.500. The van der Waals surface area contributed by atoms with Crippen molar-refractivity contribution in [2.45, 2.75) is 39.7 Å². The molecule has 0 aliphatic carbocycles. The third-order valence-corrected chi connectivity index (χ3v) is 5.37. The van der Waals surface area contributed by atoms with Gasteiger partial charge in [-0.15, -0.1) is 11.3 Å². The fourth-order valence-corrected chi connectivity index (χ4v) is 3.71. The quantitative estimate of drug-likeness (QED) is 0.871. The van der Waals surface area contributed by atoms with Crippen LogP contribution in [0.15, 0.2) is 12.1 Å². The zero-order chi connectivity index (χ0) is 15.6. The van der Waals surface area contributed by atoms with Gasteiger partial charge >= 0.3 is 5.97 Å². The van der Waals surface area contributed by atoms with Crippen molar-refractivity contribution in [3.63, 3.8) is 0 Å². The molecule has 0 aromatic carbocycles. The Hall–Kier alpha value is -1.62. The Morgan fingerprint density at radius 2 is 2.14 bits per heavy atom. The van der Waals surface area contributed by atoms with Crippen molar-refractivity contribution < 1.29 is 14.7 Å². The first-order chi connectivity index (χ1) is 9.90. The Kier molecular flexibility index (Phi) is 4.83. The number of carbonyl (C=O) groups excluding carboxylic acids is 1. The summed E-state index contributed by atoms with van der Waals surface area (Å²) in [5.74, 6) is -0.388. The van der Waals surface area contributed by atoms with Gasteiger partial charge in [0.2, 0.25) is 0 Å². The molecule has 4 nitrogen and oxygen atoms in total. The van der Waals surface area contributed by atoms with Gasteiger partial charge in [-0.2, -0.15) is 0 Å². The highest BCUT2D eigenvalue weighted by Gasteiger charge is 2.29. The second kappa shape index (κ2) is 6.43. The van der Waals surface area contributed by atoms with Crippen molar-refractivity contribution in [3.8, 4) is 0 Å². The van der Waals surface area contributed by atoms with Gasteiger partial charge in [-0.25, -0.2) is 4.79 Å². The van der Waals surface area contributed by atoms with E-state index in [1.807, 2.05) is 17.9 Å². The van der Waals surface area contributed by atoms with Gasteiger partial charge in [-0.05, 0) is 50.3 Å². The van der Waals surface area contributed by atoms with Crippen molar-refractivity contribution in [2.75, 3.05) is 6.54 Å². The summed E-state index contributed by atoms with van der Waals surface area (Å²) in [7, 11) is 0. The van der Waals surface area contributed by atoms with Gasteiger partial charge in [0.05, 0.1) is 4.88 Å². The van der Waals surface area contributed by atoms with Crippen LogP contribution >= 0.6 is 11.3 Å². The number of piperidine rings is 1. The molecule has 114 valence electrons. The van der Waals surface area contributed by atoms with Crippen molar-refractivity contribution >= 4 is 29.3 Å². The summed E-state index contributed by atoms with van der Waals surface area (Å²) in [6, 6.07) is 2.12. The third kappa shape index (κ3) is 3.53. The van der Waals surface area contributed by atoms with Crippen LogP contribution in [0.1, 0.15) is 46.8 Å². The molecule has 0 bridgehead atoms. The average Bonchev–Trinajstić information content (AvgIpc) is 2.80. The summed E-state index contributed by atoms with van der Waals surface area (Å²) in [5, 5.41) is 8.69. The van der Waals surface area contributed by atoms with Crippen LogP contribution in [0.5, 0.6) is 0 Å². The predicted octanol–water partition coefficient (Wildman–Crippen LogP) is 3.41. The molecule has 2 heterocycles. The largest absolute Gasteiger partial charge is 0.478 e. The highest BCUT2D eigenvalue weighted by Crippen LogP contribution is 2.29. The lowest BCUT2D eigenvalue weighted by atomic mass is 9.92. The molecular weight excluding hydrogens is 286 g/mol. The zero-order valence-corrected chi connectivity index (χ0v) is 13.4. The van der Waals surface area contributed by atoms with Crippen molar-refractivity contribution in [1.29, 1.82) is 0 Å². The molecule has 1 aliphatic rings. The Balaban J connectivity index is 2.20. The number of carboxylic acid groups (broad SMARTS) is 1. The van der Waals surface area contributed by atoms with E-state index < -0.39 is 5.97 Å². The summed E-state index contributed by atoms with van der Waals surface area (Å²) in [6.45, 7) is 7.00. The maximum absolute atomic E-state index is 12.7. The van der Waals surface area contributed by atoms with Gasteiger partial charge in [0, 0.05) is 23.5 Å². The van der Waals surface area contributed by atoms with E-state index in [0.717, 1.165) is 29.5 Å². The number of carbonyl (C=O) groups is 2. The van der Waals surface area contributed by atoms with Gasteiger partial charge in [0.1, 0.15) is 0 Å². The molecule has 1 aromatic heterocycles. The van der Waals surface area contributed by atoms with E-state index in [2.05, 4.69) is 13.8 Å². The first kappa shape index (κ1) is 15.8. The van der Waals surface area contributed by atoms with Crippen LogP contribution < -0.4 is 0 Å². The van der Waals surface area contributed by atoms with Gasteiger partial charge in [-0.1, -0.05) is 6.92 Å². The van der Waals surface area contributed by atoms with E-state index in [1.54, 1.807) is 6.08 Å². The minimum Gasteiger partial charge on any atom is -0.478 e. The molecule has 0 spiro atoms. The number of aryl methyl sites for hydroxylation is 1. The topological polar surface area (TPSA) is 57.6 Å². The number of hydrogen-bond acceptors (Lipinski definition) is 3. The van der Waals surface area contributed by atoms with Gasteiger partial charge < -0.3 is 10.0 Å². The third-order valence-electron chi connectivity index (χ3n) is 4.18. The molecule has 5 heteroatoms. The lowest BCUT2D eigenvalue weighted by molar-refractivity contribution is -0.131. The number of rotatable bonds is 3. The second-order valence-electron chi connectivity index (χ2n) is 5.69. The average molecular weight is 307 g/mol. The molecule has 1 aromatic rings. The number of amides is 1. The van der Waals surface area contributed by atoms with Crippen LogP contribution in [0.2, 0.25) is 0 Å². The highest BCUT2D eigenvalue weighted by atomic mass is 32.1. The Morgan fingerprint density at radius 1 is 1.43 bits per heavy atom. The minimum atomic E-state index is -0.978. The molecule has 2 atom stereocenters. The number of hydrogen-bond donors (Lipinski definition) is 1. The summed E-state index contributed by atoms with van der Waals surface area (Å²) in [4.78, 5) is 26.7. The lowest BCUT2D eigenvalue weighted by Crippen LogP contribution is -2.45. The molecule has 2 rings (SSSR count). The standard InChI is InChI=1S/C16H21NO3S/c1-10-5-4-8-17(12(10)3)16(20)14-9-11(2)13(21-14)6-7-15(18)19/h6-7,9-10,12H,4-5,8H2,1-3H3,(H,18,19)/b7-6+. The molecule has 2 unspecified atom stereocenters. The van der Waals surface area contributed by atoms with Crippen LogP contribution in [0.4, 0.5) is 0 Å². The zero-order valence-electron chi connectivity index (χ0n) is 12.6. The van der Waals surface area contributed by atoms with Crippen molar-refractivity contribution in [3.05, 3.63) is 27.5 Å². The van der Waals surface area contributed by atoms with Crippen molar-refractivity contribution in [2.24, 2.45) is 5.92 Å². The highest BCUT2D eigenvalue weighted by molar-refractivity contribution is 7.15. The van der Waals surface area contributed by atoms with E-state index >= 15 is 0 Å². The summed E-state index contributed by atoms with van der Waals surface area (Å²) < 4.78 is 0. The number of nitrogens with zero attached hydrogens (tertiary/aromatic N) is 1. The second-order valence-corrected chi connectivity index (χ2v) is 6.77. The maximum Gasteiger partial charge on any atom is 0.328 e. The van der Waals surface area contributed by atoms with Gasteiger partial charge in [0.25, 0.3) is 5.91 Å². The number of aliphatic carboxylic acids is 1. The van der Waals surface area contributed by atoms with Crippen LogP contribution in [0.25, 0.3) is 6.08 Å². The van der Waals surface area contributed by atoms with E-state index in [9.17, 15) is 9.59 Å². The molecular formula is C16H21NO3S. The van der Waals surface area contributed by atoms with Gasteiger partial charge in [0.15, 0.2) is 0 Å². The molecule has 1 amide bonds. The molecule has 1 saturated heterocycles. The summed E-state index contributed by atoms with van der Waals surface area (Å²) in [6.07, 6.45) is 4.88. The predicted molar refractivity (Wildman–Crippen MR) is 84.6 cm³/mol. The summed E-state index contributed by atoms with van der Waals surface area (Å²) >= 11 is 1.37. The molecule has 1 fully saturated rings. The molecule has 1 aliphatic heterocycles. The van der Waals surface area contributed by atoms with Crippen molar-refractivity contribution in [1.82, 2.24) is 4.90 Å². The Labute approximate surface area is 129 Å². The van der Waals surface area contributed by atoms with E-state index in [0.29, 0.717) is 10.8 Å². The lowest BCUT2D eigenvalue weighted by Gasteiger charge is -2.37. The van der Waals surface area contributed by atoms with Crippen LogP contribution in [0, 0.1) is 12.8 Å². The maximum atomic E-state index is 12.7. The smallest absolute Gasteiger partial charge is 0.328 e. The monoisotopic (exact) mass is 307 g/mol. The molecule has 0 saturated carbocycles. The van der Waals surface area contributed by atoms with Crippen LogP contribution in [0.3, 0.4) is 0 Å². The molecule has 1 N–H and O–H groups in total. The SMILES string of the molecule is Cc1cc(C(=O)N2CCCC(C)C2C)sc1/C=C/C(=O)O. The van der Waals surface area contributed by atoms with E-state index in [4.69, 9.17) is 5.11 Å². The van der Waals surface area contributed by atoms with Crippen LogP contribution in [-0.2, 0) is 4.79 Å². The number of thiophene rings is 1. The van der Waals surface area contributed by atoms with E-state index in [1.165, 1.54) is 17.8 Å². The molecule has 0 radical (unpaired) electrons. The number of carboxylic acids is 1. The minimum absolute atomic E-state index is 0.0668. The van der Waals surface area contributed by atoms with Gasteiger partial charge in [-0.3, -0.25) is 4.79 Å². The normalized spacial score (nSPS) is 22.7. The Bertz CT molecular complexity index is 576. The Morgan fingerprint density at radius 3 is 2.81 bits per heavy atom. The molecule has 21 heavy (non-hydrogen) atoms. The van der Waals surface area contributed by atoms with E-state index in [-0.39, 0.29) is 11.9 Å². The fourth-order valence-electron chi connectivity index (χ4n) is 2.68. The number of likely N-dealkylation sites (tertiary alicyclic amines) is 1.